The van der Waals surface area contributed by atoms with Crippen molar-refractivity contribution in [2.24, 2.45) is 4.99 Å². The Labute approximate surface area is 152 Å². The third-order valence-corrected chi connectivity index (χ3v) is 6.63. The molecule has 1 unspecified atom stereocenters. The highest BCUT2D eigenvalue weighted by atomic mass is 32.2. The average Bonchev–Trinajstić information content (AvgIpc) is 2.62. The maximum atomic E-state index is 12.3. The Hall–Kier alpha value is -1.20. The molecule has 1 aromatic carbocycles. The Morgan fingerprint density at radius 3 is 3.08 bits per heavy atom. The molecule has 0 aromatic heterocycles. The molecule has 1 amide bonds. The van der Waals surface area contributed by atoms with Crippen LogP contribution in [-0.4, -0.2) is 22.1 Å². The van der Waals surface area contributed by atoms with Crippen LogP contribution in [0.2, 0.25) is 0 Å². The molecule has 1 atom stereocenters. The molecule has 0 saturated heterocycles. The quantitative estimate of drug-likeness (QED) is 0.747. The van der Waals surface area contributed by atoms with E-state index in [9.17, 15) is 4.79 Å². The number of hydrogen-bond donors (Lipinski definition) is 1. The van der Waals surface area contributed by atoms with Crippen molar-refractivity contribution in [1.82, 2.24) is 5.32 Å². The van der Waals surface area contributed by atoms with Gasteiger partial charge in [0, 0.05) is 12.3 Å². The first kappa shape index (κ1) is 17.6. The summed E-state index contributed by atoms with van der Waals surface area (Å²) in [4.78, 5) is 17.0. The molecule has 5 heteroatoms. The maximum absolute atomic E-state index is 12.3. The molecule has 1 aliphatic heterocycles. The van der Waals surface area contributed by atoms with Crippen LogP contribution in [0.1, 0.15) is 44.6 Å². The fourth-order valence-corrected chi connectivity index (χ4v) is 5.11. The van der Waals surface area contributed by atoms with Crippen LogP contribution in [0.4, 0.5) is 5.69 Å². The van der Waals surface area contributed by atoms with Crippen molar-refractivity contribution in [3.63, 3.8) is 0 Å². The molecule has 0 radical (unpaired) electrons. The Kier molecular flexibility index (Phi) is 6.44. The van der Waals surface area contributed by atoms with Gasteiger partial charge < -0.3 is 5.32 Å². The number of benzene rings is 1. The summed E-state index contributed by atoms with van der Waals surface area (Å²) in [5, 5.41) is 2.96. The molecule has 1 aliphatic carbocycles. The molecule has 0 saturated carbocycles. The Morgan fingerprint density at radius 2 is 2.25 bits per heavy atom. The van der Waals surface area contributed by atoms with Gasteiger partial charge in [-0.15, -0.1) is 0 Å². The monoisotopic (exact) mass is 360 g/mol. The van der Waals surface area contributed by atoms with Gasteiger partial charge in [0.15, 0.2) is 0 Å². The number of para-hydroxylation sites is 1. The first-order valence-corrected chi connectivity index (χ1v) is 10.5. The molecule has 0 spiro atoms. The lowest BCUT2D eigenvalue weighted by Crippen LogP contribution is -2.32. The minimum absolute atomic E-state index is 0.109. The van der Waals surface area contributed by atoms with Gasteiger partial charge in [0.2, 0.25) is 5.91 Å². The van der Waals surface area contributed by atoms with E-state index in [1.807, 2.05) is 25.1 Å². The van der Waals surface area contributed by atoms with E-state index in [0.717, 1.165) is 28.8 Å². The number of fused-ring (bicyclic) bond motifs is 1. The van der Waals surface area contributed by atoms with Gasteiger partial charge >= 0.3 is 0 Å². The predicted octanol–water partition coefficient (Wildman–Crippen LogP) is 5.05. The number of rotatable bonds is 5. The molecule has 24 heavy (non-hydrogen) atoms. The van der Waals surface area contributed by atoms with E-state index < -0.39 is 0 Å². The van der Waals surface area contributed by atoms with Crippen molar-refractivity contribution >= 4 is 39.5 Å². The van der Waals surface area contributed by atoms with E-state index in [1.54, 1.807) is 23.5 Å². The number of amides is 1. The second-order valence-electron chi connectivity index (χ2n) is 6.20. The largest absolute Gasteiger partial charge is 0.355 e. The standard InChI is InChI=1S/C19H24N2OS2/c1-14(18(22)20-12-11-15-7-3-2-4-8-15)24-19-21-17-10-6-5-9-16(17)13-23-19/h5-7,9-10,14H,2-4,8,11-13H2,1H3,(H,20,22). The van der Waals surface area contributed by atoms with Gasteiger partial charge in [-0.05, 0) is 50.7 Å². The molecular formula is C19H24N2OS2. The van der Waals surface area contributed by atoms with Crippen LogP contribution in [0.25, 0.3) is 0 Å². The van der Waals surface area contributed by atoms with Gasteiger partial charge in [-0.1, -0.05) is 53.4 Å². The zero-order valence-corrected chi connectivity index (χ0v) is 15.7. The summed E-state index contributed by atoms with van der Waals surface area (Å²) in [7, 11) is 0. The van der Waals surface area contributed by atoms with E-state index in [1.165, 1.54) is 36.8 Å². The van der Waals surface area contributed by atoms with Gasteiger partial charge in [0.05, 0.1) is 10.9 Å². The molecule has 1 N–H and O–H groups in total. The normalized spacial score (nSPS) is 18.2. The Bertz CT molecular complexity index is 655. The van der Waals surface area contributed by atoms with Crippen molar-refractivity contribution in [1.29, 1.82) is 0 Å². The molecule has 3 rings (SSSR count). The highest BCUT2D eigenvalue weighted by molar-refractivity contribution is 8.39. The SMILES string of the molecule is CC(SC1=Nc2ccccc2CS1)C(=O)NCCC1=CCCCC1. The van der Waals surface area contributed by atoms with Gasteiger partial charge in [-0.3, -0.25) is 4.79 Å². The van der Waals surface area contributed by atoms with Gasteiger partial charge in [0.25, 0.3) is 0 Å². The van der Waals surface area contributed by atoms with E-state index >= 15 is 0 Å². The second-order valence-corrected chi connectivity index (χ2v) is 8.76. The molecule has 1 heterocycles. The number of carbonyl (C=O) groups excluding carboxylic acids is 1. The smallest absolute Gasteiger partial charge is 0.233 e. The lowest BCUT2D eigenvalue weighted by Gasteiger charge is -2.18. The van der Waals surface area contributed by atoms with Crippen molar-refractivity contribution < 1.29 is 4.79 Å². The lowest BCUT2D eigenvalue weighted by molar-refractivity contribution is -0.120. The fourth-order valence-electron chi connectivity index (χ4n) is 2.90. The molecule has 3 nitrogen and oxygen atoms in total. The molecule has 128 valence electrons. The van der Waals surface area contributed by atoms with Crippen molar-refractivity contribution in [2.45, 2.75) is 50.0 Å². The molecule has 1 aromatic rings. The van der Waals surface area contributed by atoms with E-state index in [-0.39, 0.29) is 11.2 Å². The summed E-state index contributed by atoms with van der Waals surface area (Å²) in [6, 6.07) is 8.21. The number of nitrogens with one attached hydrogen (secondary N) is 1. The molecule has 0 fully saturated rings. The van der Waals surface area contributed by atoms with Crippen LogP contribution in [0.15, 0.2) is 40.9 Å². The van der Waals surface area contributed by atoms with Crippen molar-refractivity contribution in [2.75, 3.05) is 6.54 Å². The minimum atomic E-state index is -0.109. The Balaban J connectivity index is 1.46. The highest BCUT2D eigenvalue weighted by Crippen LogP contribution is 2.35. The zero-order chi connectivity index (χ0) is 16.8. The third kappa shape index (κ3) is 4.90. The van der Waals surface area contributed by atoms with Crippen LogP contribution >= 0.6 is 23.5 Å². The second kappa shape index (κ2) is 8.77. The molecule has 0 bridgehead atoms. The predicted molar refractivity (Wildman–Crippen MR) is 106 cm³/mol. The summed E-state index contributed by atoms with van der Waals surface area (Å²) in [5.41, 5.74) is 3.81. The van der Waals surface area contributed by atoms with Gasteiger partial charge in [-0.25, -0.2) is 4.99 Å². The fraction of sp³-hybridized carbons (Fsp3) is 0.474. The van der Waals surface area contributed by atoms with Gasteiger partial charge in [-0.2, -0.15) is 0 Å². The van der Waals surface area contributed by atoms with Crippen LogP contribution in [0.3, 0.4) is 0 Å². The zero-order valence-electron chi connectivity index (χ0n) is 14.1. The van der Waals surface area contributed by atoms with Crippen molar-refractivity contribution in [3.05, 3.63) is 41.5 Å². The molecule has 2 aliphatic rings. The first-order chi connectivity index (χ1) is 11.7. The lowest BCUT2D eigenvalue weighted by atomic mass is 9.97. The third-order valence-electron chi connectivity index (χ3n) is 4.33. The number of hydrogen-bond acceptors (Lipinski definition) is 4. The van der Waals surface area contributed by atoms with Crippen molar-refractivity contribution in [3.8, 4) is 0 Å². The first-order valence-electron chi connectivity index (χ1n) is 8.64. The highest BCUT2D eigenvalue weighted by Gasteiger charge is 2.19. The number of thioether (sulfide) groups is 2. The topological polar surface area (TPSA) is 41.5 Å². The maximum Gasteiger partial charge on any atom is 0.233 e. The average molecular weight is 361 g/mol. The van der Waals surface area contributed by atoms with E-state index in [0.29, 0.717) is 0 Å². The number of carbonyl (C=O) groups is 1. The summed E-state index contributed by atoms with van der Waals surface area (Å²) in [6.45, 7) is 2.71. The summed E-state index contributed by atoms with van der Waals surface area (Å²) in [6.07, 6.45) is 8.35. The Morgan fingerprint density at radius 1 is 1.38 bits per heavy atom. The molecular weight excluding hydrogens is 336 g/mol. The van der Waals surface area contributed by atoms with Crippen LogP contribution < -0.4 is 5.32 Å². The van der Waals surface area contributed by atoms with Crippen LogP contribution in [0, 0.1) is 0 Å². The minimum Gasteiger partial charge on any atom is -0.355 e. The van der Waals surface area contributed by atoms with Crippen LogP contribution in [-0.2, 0) is 10.5 Å². The van der Waals surface area contributed by atoms with Gasteiger partial charge in [0.1, 0.15) is 4.38 Å². The summed E-state index contributed by atoms with van der Waals surface area (Å²) < 4.78 is 0.992. The van der Waals surface area contributed by atoms with E-state index in [4.69, 9.17) is 0 Å². The van der Waals surface area contributed by atoms with E-state index in [2.05, 4.69) is 22.5 Å². The summed E-state index contributed by atoms with van der Waals surface area (Å²) in [5.74, 6) is 1.04. The number of aliphatic imine (C=N–C) groups is 1. The number of allylic oxidation sites excluding steroid dienone is 1. The number of nitrogens with zero attached hydrogens (tertiary/aromatic N) is 1. The summed E-state index contributed by atoms with van der Waals surface area (Å²) >= 11 is 3.29. The van der Waals surface area contributed by atoms with Crippen LogP contribution in [0.5, 0.6) is 0 Å².